The van der Waals surface area contributed by atoms with Gasteiger partial charge in [0, 0.05) is 0 Å². The van der Waals surface area contributed by atoms with E-state index in [4.69, 9.17) is 19.9 Å². The molecule has 150 valence electrons. The number of nitrogens with two attached hydrogens (primary N) is 1. The average Bonchev–Trinajstić information content (AvgIpc) is 2.61. The molecule has 0 aliphatic rings. The molecule has 0 saturated heterocycles. The van der Waals surface area contributed by atoms with Crippen LogP contribution in [0.2, 0.25) is 0 Å². The van der Waals surface area contributed by atoms with E-state index >= 15 is 0 Å². The van der Waals surface area contributed by atoms with Crippen LogP contribution < -0.4 is 20.5 Å². The number of carbonyl (C=O) groups excluding carboxylic acids is 2. The van der Waals surface area contributed by atoms with Gasteiger partial charge < -0.3 is 25.3 Å². The number of benzene rings is 2. The summed E-state index contributed by atoms with van der Waals surface area (Å²) in [5.74, 6) is -0.00328. The quantitative estimate of drug-likeness (QED) is 0.757. The van der Waals surface area contributed by atoms with Crippen molar-refractivity contribution in [3.8, 4) is 11.5 Å². The highest BCUT2D eigenvalue weighted by Crippen LogP contribution is 2.40. The highest BCUT2D eigenvalue weighted by atomic mass is 16.6. The van der Waals surface area contributed by atoms with E-state index in [2.05, 4.69) is 5.32 Å². The third-order valence-corrected chi connectivity index (χ3v) is 3.95. The van der Waals surface area contributed by atoms with Gasteiger partial charge in [0.2, 0.25) is 5.91 Å². The van der Waals surface area contributed by atoms with Crippen LogP contribution in [0.15, 0.2) is 42.5 Å². The normalized spacial score (nSPS) is 11.0. The van der Waals surface area contributed by atoms with E-state index in [1.165, 1.54) is 7.11 Å². The van der Waals surface area contributed by atoms with Crippen molar-refractivity contribution in [2.24, 2.45) is 5.73 Å². The molecule has 0 unspecified atom stereocenters. The van der Waals surface area contributed by atoms with Crippen molar-refractivity contribution < 1.29 is 23.8 Å². The van der Waals surface area contributed by atoms with Gasteiger partial charge >= 0.3 is 6.09 Å². The topological polar surface area (TPSA) is 99.9 Å². The predicted octanol–water partition coefficient (Wildman–Crippen LogP) is 3.61. The van der Waals surface area contributed by atoms with E-state index in [0.717, 1.165) is 11.1 Å². The van der Waals surface area contributed by atoms with Crippen molar-refractivity contribution in [3.63, 3.8) is 0 Å². The monoisotopic (exact) mass is 386 g/mol. The maximum absolute atomic E-state index is 12.3. The number of hydrogen-bond donors (Lipinski definition) is 2. The van der Waals surface area contributed by atoms with Gasteiger partial charge in [0.1, 0.15) is 6.61 Å². The van der Waals surface area contributed by atoms with E-state index in [-0.39, 0.29) is 29.4 Å². The Hall–Kier alpha value is -3.06. The van der Waals surface area contributed by atoms with Gasteiger partial charge in [-0.3, -0.25) is 4.79 Å². The Balaban J connectivity index is 2.17. The van der Waals surface area contributed by atoms with Crippen molar-refractivity contribution in [2.45, 2.75) is 32.8 Å². The second kappa shape index (κ2) is 9.23. The first-order chi connectivity index (χ1) is 13.2. The zero-order chi connectivity index (χ0) is 20.7. The van der Waals surface area contributed by atoms with E-state index in [9.17, 15) is 9.59 Å². The molecule has 3 N–H and O–H groups in total. The lowest BCUT2D eigenvalue weighted by molar-refractivity contribution is -0.121. The SMILES string of the molecule is COc1c(NC(=O)COCc2ccccc2)cc(C(C)(C)C)cc1OC(N)=O. The summed E-state index contributed by atoms with van der Waals surface area (Å²) in [6, 6.07) is 13.0. The molecule has 0 bridgehead atoms. The van der Waals surface area contributed by atoms with E-state index < -0.39 is 6.09 Å². The fourth-order valence-electron chi connectivity index (χ4n) is 2.54. The van der Waals surface area contributed by atoms with Crippen molar-refractivity contribution in [1.82, 2.24) is 0 Å². The molecule has 2 amide bonds. The van der Waals surface area contributed by atoms with Crippen LogP contribution in [0.5, 0.6) is 11.5 Å². The molecule has 2 aromatic carbocycles. The smallest absolute Gasteiger partial charge is 0.410 e. The van der Waals surface area contributed by atoms with Crippen molar-refractivity contribution in [3.05, 3.63) is 53.6 Å². The minimum Gasteiger partial charge on any atom is -0.491 e. The average molecular weight is 386 g/mol. The number of primary amides is 1. The molecule has 0 radical (unpaired) electrons. The maximum atomic E-state index is 12.3. The van der Waals surface area contributed by atoms with Crippen LogP contribution in [0.3, 0.4) is 0 Å². The Morgan fingerprint density at radius 1 is 1.11 bits per heavy atom. The zero-order valence-electron chi connectivity index (χ0n) is 16.6. The van der Waals surface area contributed by atoms with E-state index in [1.807, 2.05) is 51.1 Å². The molecule has 2 rings (SSSR count). The fraction of sp³-hybridized carbons (Fsp3) is 0.333. The van der Waals surface area contributed by atoms with Gasteiger partial charge in [-0.1, -0.05) is 51.1 Å². The summed E-state index contributed by atoms with van der Waals surface area (Å²) in [7, 11) is 1.42. The number of ether oxygens (including phenoxy) is 3. The number of anilines is 1. The second-order valence-corrected chi connectivity index (χ2v) is 7.25. The van der Waals surface area contributed by atoms with Gasteiger partial charge in [0.15, 0.2) is 11.5 Å². The van der Waals surface area contributed by atoms with Crippen LogP contribution in [0, 0.1) is 0 Å². The van der Waals surface area contributed by atoms with Gasteiger partial charge in [-0.2, -0.15) is 0 Å². The van der Waals surface area contributed by atoms with Gasteiger partial charge in [-0.25, -0.2) is 4.79 Å². The summed E-state index contributed by atoms with van der Waals surface area (Å²) >= 11 is 0. The number of hydrogen-bond acceptors (Lipinski definition) is 5. The third kappa shape index (κ3) is 5.99. The van der Waals surface area contributed by atoms with Crippen LogP contribution in [-0.2, 0) is 21.6 Å². The van der Waals surface area contributed by atoms with Crippen LogP contribution >= 0.6 is 0 Å². The van der Waals surface area contributed by atoms with Crippen molar-refractivity contribution in [1.29, 1.82) is 0 Å². The highest BCUT2D eigenvalue weighted by Gasteiger charge is 2.22. The van der Waals surface area contributed by atoms with Gasteiger partial charge in [0.25, 0.3) is 0 Å². The fourth-order valence-corrected chi connectivity index (χ4v) is 2.54. The molecule has 0 spiro atoms. The van der Waals surface area contributed by atoms with Crippen LogP contribution in [0.25, 0.3) is 0 Å². The predicted molar refractivity (Wildman–Crippen MR) is 107 cm³/mol. The number of methoxy groups -OCH3 is 1. The molecule has 0 saturated carbocycles. The number of rotatable bonds is 7. The molecule has 2 aromatic rings. The molecule has 0 atom stereocenters. The first kappa shape index (κ1) is 21.2. The Labute approximate surface area is 164 Å². The number of carbonyl (C=O) groups is 2. The zero-order valence-corrected chi connectivity index (χ0v) is 16.6. The first-order valence-corrected chi connectivity index (χ1v) is 8.82. The minimum atomic E-state index is -0.965. The Kier molecular flexibility index (Phi) is 7.00. The summed E-state index contributed by atoms with van der Waals surface area (Å²) in [5, 5.41) is 2.75. The Morgan fingerprint density at radius 3 is 2.36 bits per heavy atom. The standard InChI is InChI=1S/C21H26N2O5/c1-21(2,3)15-10-16(19(26-4)17(11-15)28-20(22)25)23-18(24)13-27-12-14-8-6-5-7-9-14/h5-11H,12-13H2,1-4H3,(H2,22,25)(H,23,24). The number of nitrogens with one attached hydrogen (secondary N) is 1. The lowest BCUT2D eigenvalue weighted by Gasteiger charge is -2.23. The Morgan fingerprint density at radius 2 is 1.79 bits per heavy atom. The van der Waals surface area contributed by atoms with Gasteiger partial charge in [0.05, 0.1) is 19.4 Å². The van der Waals surface area contributed by atoms with Crippen LogP contribution in [0.4, 0.5) is 10.5 Å². The number of amides is 2. The Bertz CT molecular complexity index is 829. The summed E-state index contributed by atoms with van der Waals surface area (Å²) in [4.78, 5) is 23.6. The van der Waals surface area contributed by atoms with Gasteiger partial charge in [-0.05, 0) is 28.7 Å². The largest absolute Gasteiger partial charge is 0.491 e. The maximum Gasteiger partial charge on any atom is 0.410 e. The van der Waals surface area contributed by atoms with Crippen LogP contribution in [0.1, 0.15) is 31.9 Å². The van der Waals surface area contributed by atoms with Gasteiger partial charge in [-0.15, -0.1) is 0 Å². The molecule has 7 nitrogen and oxygen atoms in total. The molecule has 28 heavy (non-hydrogen) atoms. The molecular formula is C21H26N2O5. The summed E-state index contributed by atoms with van der Waals surface area (Å²) < 4.78 is 15.9. The third-order valence-electron chi connectivity index (χ3n) is 3.95. The van der Waals surface area contributed by atoms with Crippen molar-refractivity contribution in [2.75, 3.05) is 19.0 Å². The van der Waals surface area contributed by atoms with Crippen molar-refractivity contribution >= 4 is 17.7 Å². The summed E-state index contributed by atoms with van der Waals surface area (Å²) in [6.07, 6.45) is -0.965. The molecule has 0 fully saturated rings. The summed E-state index contributed by atoms with van der Waals surface area (Å²) in [6.45, 7) is 6.18. The molecule has 0 aliphatic carbocycles. The van der Waals surface area contributed by atoms with Crippen LogP contribution in [-0.4, -0.2) is 25.7 Å². The second-order valence-electron chi connectivity index (χ2n) is 7.25. The lowest BCUT2D eigenvalue weighted by Crippen LogP contribution is -2.21. The van der Waals surface area contributed by atoms with E-state index in [0.29, 0.717) is 12.3 Å². The highest BCUT2D eigenvalue weighted by molar-refractivity contribution is 5.94. The minimum absolute atomic E-state index is 0.135. The molecule has 7 heteroatoms. The molecule has 0 aromatic heterocycles. The van der Waals surface area contributed by atoms with E-state index in [1.54, 1.807) is 12.1 Å². The summed E-state index contributed by atoms with van der Waals surface area (Å²) in [5.41, 5.74) is 7.08. The molecule has 0 heterocycles. The molecular weight excluding hydrogens is 360 g/mol. The molecule has 0 aliphatic heterocycles. The lowest BCUT2D eigenvalue weighted by atomic mass is 9.86. The first-order valence-electron chi connectivity index (χ1n) is 8.82.